The Morgan fingerprint density at radius 2 is 2.36 bits per heavy atom. The SMILES string of the molecule is C=CC(=O)OC1C(=O)OC(=C=O)C1C. The number of hydrogen-bond donors (Lipinski definition) is 0. The van der Waals surface area contributed by atoms with E-state index < -0.39 is 24.0 Å². The van der Waals surface area contributed by atoms with E-state index in [1.807, 2.05) is 0 Å². The molecule has 1 heterocycles. The van der Waals surface area contributed by atoms with E-state index in [1.54, 1.807) is 0 Å². The van der Waals surface area contributed by atoms with E-state index >= 15 is 0 Å². The van der Waals surface area contributed by atoms with Crippen molar-refractivity contribution in [2.45, 2.75) is 13.0 Å². The van der Waals surface area contributed by atoms with Gasteiger partial charge in [0.05, 0.1) is 5.92 Å². The standard InChI is InChI=1S/C9H8O5/c1-3-7(11)14-8-5(2)6(4-10)13-9(8)12/h3,5,8H,1H2,2H3. The van der Waals surface area contributed by atoms with E-state index in [-0.39, 0.29) is 5.76 Å². The molecule has 0 aliphatic carbocycles. The Balaban J connectivity index is 2.80. The van der Waals surface area contributed by atoms with E-state index in [4.69, 9.17) is 0 Å². The van der Waals surface area contributed by atoms with E-state index in [9.17, 15) is 14.4 Å². The van der Waals surface area contributed by atoms with Crippen molar-refractivity contribution in [1.82, 2.24) is 0 Å². The fourth-order valence-corrected chi connectivity index (χ4v) is 1.04. The number of carbonyl (C=O) groups excluding carboxylic acids is 3. The molecule has 1 fully saturated rings. The quantitative estimate of drug-likeness (QED) is 0.353. The Hall–Kier alpha value is -1.87. The molecule has 0 N–H and O–H groups in total. The van der Waals surface area contributed by atoms with Crippen LogP contribution in [0.15, 0.2) is 18.4 Å². The third-order valence-corrected chi connectivity index (χ3v) is 1.82. The number of esters is 2. The zero-order valence-corrected chi connectivity index (χ0v) is 7.48. The molecule has 1 aliphatic rings. The Morgan fingerprint density at radius 3 is 2.79 bits per heavy atom. The monoisotopic (exact) mass is 196 g/mol. The maximum absolute atomic E-state index is 11.1. The predicted octanol–water partition coefficient (Wildman–Crippen LogP) is -0.00740. The van der Waals surface area contributed by atoms with Crippen LogP contribution in [0.5, 0.6) is 0 Å². The first-order valence-electron chi connectivity index (χ1n) is 3.90. The Bertz CT molecular complexity index is 337. The third-order valence-electron chi connectivity index (χ3n) is 1.82. The molecule has 0 aromatic carbocycles. The smallest absolute Gasteiger partial charge is 0.354 e. The largest absolute Gasteiger partial charge is 0.446 e. The number of carbonyl (C=O) groups is 2. The van der Waals surface area contributed by atoms with Gasteiger partial charge in [0.1, 0.15) is 0 Å². The lowest BCUT2D eigenvalue weighted by atomic mass is 10.1. The van der Waals surface area contributed by atoms with Crippen LogP contribution < -0.4 is 0 Å². The van der Waals surface area contributed by atoms with Gasteiger partial charge in [-0.05, 0) is 0 Å². The van der Waals surface area contributed by atoms with Crippen molar-refractivity contribution in [3.05, 3.63) is 18.4 Å². The van der Waals surface area contributed by atoms with Gasteiger partial charge in [0, 0.05) is 6.08 Å². The lowest BCUT2D eigenvalue weighted by Gasteiger charge is -2.09. The van der Waals surface area contributed by atoms with Crippen LogP contribution in [0, 0.1) is 5.92 Å². The minimum absolute atomic E-state index is 0.142. The van der Waals surface area contributed by atoms with Gasteiger partial charge in [-0.3, -0.25) is 0 Å². The molecule has 0 radical (unpaired) electrons. The van der Waals surface area contributed by atoms with E-state index in [2.05, 4.69) is 16.1 Å². The molecule has 2 unspecified atom stereocenters. The third kappa shape index (κ3) is 1.72. The Labute approximate surface area is 80.0 Å². The van der Waals surface area contributed by atoms with Gasteiger partial charge in [0.15, 0.2) is 11.7 Å². The fourth-order valence-electron chi connectivity index (χ4n) is 1.04. The number of cyclic esters (lactones) is 1. The molecule has 5 heteroatoms. The van der Waals surface area contributed by atoms with Gasteiger partial charge in [-0.2, -0.15) is 0 Å². The summed E-state index contributed by atoms with van der Waals surface area (Å²) in [6.07, 6.45) is -0.139. The van der Waals surface area contributed by atoms with Crippen LogP contribution in [-0.4, -0.2) is 24.0 Å². The molecule has 1 aliphatic heterocycles. The van der Waals surface area contributed by atoms with Crippen molar-refractivity contribution >= 4 is 17.9 Å². The second kappa shape index (κ2) is 3.89. The minimum atomic E-state index is -1.07. The number of ether oxygens (including phenoxy) is 2. The van der Waals surface area contributed by atoms with E-state index in [1.165, 1.54) is 12.9 Å². The maximum Gasteiger partial charge on any atom is 0.354 e. The fraction of sp³-hybridized carbons (Fsp3) is 0.333. The van der Waals surface area contributed by atoms with Crippen LogP contribution >= 0.6 is 0 Å². The minimum Gasteiger partial charge on any atom is -0.446 e. The van der Waals surface area contributed by atoms with Crippen molar-refractivity contribution in [3.8, 4) is 0 Å². The van der Waals surface area contributed by atoms with Crippen LogP contribution in [0.4, 0.5) is 0 Å². The molecule has 0 aromatic rings. The summed E-state index contributed by atoms with van der Waals surface area (Å²) >= 11 is 0. The second-order valence-electron chi connectivity index (χ2n) is 2.74. The predicted molar refractivity (Wildman–Crippen MR) is 44.5 cm³/mol. The van der Waals surface area contributed by atoms with Gasteiger partial charge in [-0.1, -0.05) is 13.5 Å². The summed E-state index contributed by atoms with van der Waals surface area (Å²) in [5.41, 5.74) is 0. The van der Waals surface area contributed by atoms with Gasteiger partial charge in [0.2, 0.25) is 6.10 Å². The molecular formula is C9H8O5. The average molecular weight is 196 g/mol. The second-order valence-corrected chi connectivity index (χ2v) is 2.74. The van der Waals surface area contributed by atoms with Crippen LogP contribution in [0.3, 0.4) is 0 Å². The molecule has 5 nitrogen and oxygen atoms in total. The van der Waals surface area contributed by atoms with E-state index in [0.717, 1.165) is 6.08 Å². The molecule has 0 bridgehead atoms. The molecule has 0 aromatic heterocycles. The maximum atomic E-state index is 11.1. The van der Waals surface area contributed by atoms with Crippen LogP contribution in [-0.2, 0) is 23.9 Å². The first kappa shape index (κ1) is 10.2. The summed E-state index contributed by atoms with van der Waals surface area (Å²) in [6, 6.07) is 0. The summed E-state index contributed by atoms with van der Waals surface area (Å²) in [7, 11) is 0. The van der Waals surface area contributed by atoms with Crippen molar-refractivity contribution in [2.24, 2.45) is 5.92 Å². The van der Waals surface area contributed by atoms with Crippen LogP contribution in [0.2, 0.25) is 0 Å². The van der Waals surface area contributed by atoms with Gasteiger partial charge < -0.3 is 9.47 Å². The van der Waals surface area contributed by atoms with Crippen LogP contribution in [0.1, 0.15) is 6.92 Å². The number of hydrogen-bond acceptors (Lipinski definition) is 5. The molecule has 1 rings (SSSR count). The van der Waals surface area contributed by atoms with Gasteiger partial charge in [0.25, 0.3) is 0 Å². The molecular weight excluding hydrogens is 188 g/mol. The summed E-state index contributed by atoms with van der Waals surface area (Å²) in [4.78, 5) is 32.1. The summed E-state index contributed by atoms with van der Waals surface area (Å²) in [5, 5.41) is 0. The zero-order valence-electron chi connectivity index (χ0n) is 7.48. The Morgan fingerprint density at radius 1 is 1.71 bits per heavy atom. The highest BCUT2D eigenvalue weighted by Crippen LogP contribution is 2.26. The molecule has 0 amide bonds. The average Bonchev–Trinajstić information content (AvgIpc) is 2.44. The van der Waals surface area contributed by atoms with Crippen molar-refractivity contribution in [3.63, 3.8) is 0 Å². The summed E-state index contributed by atoms with van der Waals surface area (Å²) in [6.45, 7) is 4.72. The van der Waals surface area contributed by atoms with Gasteiger partial charge >= 0.3 is 11.9 Å². The first-order chi connectivity index (χ1) is 6.60. The first-order valence-corrected chi connectivity index (χ1v) is 3.90. The summed E-state index contributed by atoms with van der Waals surface area (Å²) < 4.78 is 9.21. The normalized spacial score (nSPS) is 25.2. The lowest BCUT2D eigenvalue weighted by molar-refractivity contribution is -0.157. The molecule has 14 heavy (non-hydrogen) atoms. The van der Waals surface area contributed by atoms with Gasteiger partial charge in [-0.25, -0.2) is 14.4 Å². The molecule has 0 spiro atoms. The number of rotatable bonds is 2. The van der Waals surface area contributed by atoms with Crippen molar-refractivity contribution in [2.75, 3.05) is 0 Å². The molecule has 2 atom stereocenters. The van der Waals surface area contributed by atoms with Crippen LogP contribution in [0.25, 0.3) is 0 Å². The Kier molecular flexibility index (Phi) is 2.84. The zero-order chi connectivity index (χ0) is 10.7. The highest BCUT2D eigenvalue weighted by atomic mass is 16.6. The molecule has 0 saturated carbocycles. The van der Waals surface area contributed by atoms with Gasteiger partial charge in [-0.15, -0.1) is 0 Å². The molecule has 1 saturated heterocycles. The molecule has 74 valence electrons. The topological polar surface area (TPSA) is 69.7 Å². The summed E-state index contributed by atoms with van der Waals surface area (Å²) in [5.74, 6) is -0.752. The van der Waals surface area contributed by atoms with Crippen molar-refractivity contribution in [1.29, 1.82) is 0 Å². The highest BCUT2D eigenvalue weighted by molar-refractivity contribution is 5.88. The highest BCUT2D eigenvalue weighted by Gasteiger charge is 2.42. The van der Waals surface area contributed by atoms with Crippen molar-refractivity contribution < 1.29 is 23.9 Å². The lowest BCUT2D eigenvalue weighted by Crippen LogP contribution is -2.26. The van der Waals surface area contributed by atoms with E-state index in [0.29, 0.717) is 0 Å².